The molecule has 0 radical (unpaired) electrons. The lowest BCUT2D eigenvalue weighted by Gasteiger charge is -2.14. The standard InChI is InChI=1S/C23H21N5O2/c1-28-14-19(25-22(29)18-7-4-10-24-13-18)12-20(28)23-26-21(27-30-23)17-9-8-15-5-2-3-6-16(15)11-17/h2-11,13,19-20H,12,14H2,1H3,(H,25,29)/t19-,20-/m0/s1. The van der Waals surface area contributed by atoms with E-state index in [9.17, 15) is 4.79 Å². The molecule has 1 N–H and O–H groups in total. The molecule has 1 amide bonds. The summed E-state index contributed by atoms with van der Waals surface area (Å²) in [6.07, 6.45) is 3.93. The molecule has 1 aliphatic heterocycles. The van der Waals surface area contributed by atoms with Gasteiger partial charge in [-0.1, -0.05) is 41.6 Å². The predicted molar refractivity (Wildman–Crippen MR) is 113 cm³/mol. The molecule has 5 rings (SSSR count). The van der Waals surface area contributed by atoms with Crippen molar-refractivity contribution in [2.24, 2.45) is 0 Å². The number of benzene rings is 2. The molecule has 3 heterocycles. The quantitative estimate of drug-likeness (QED) is 0.566. The van der Waals surface area contributed by atoms with E-state index < -0.39 is 0 Å². The first-order valence-corrected chi connectivity index (χ1v) is 9.91. The maximum absolute atomic E-state index is 12.4. The summed E-state index contributed by atoms with van der Waals surface area (Å²) in [5, 5.41) is 9.58. The molecule has 0 aliphatic carbocycles. The van der Waals surface area contributed by atoms with Crippen molar-refractivity contribution in [3.8, 4) is 11.4 Å². The van der Waals surface area contributed by atoms with Crippen LogP contribution >= 0.6 is 0 Å². The van der Waals surface area contributed by atoms with Gasteiger partial charge in [-0.05, 0) is 42.4 Å². The van der Waals surface area contributed by atoms with Gasteiger partial charge in [-0.15, -0.1) is 0 Å². The summed E-state index contributed by atoms with van der Waals surface area (Å²) in [7, 11) is 2.00. The van der Waals surface area contributed by atoms with Gasteiger partial charge in [0, 0.05) is 30.5 Å². The first-order valence-electron chi connectivity index (χ1n) is 9.91. The number of hydrogen-bond acceptors (Lipinski definition) is 6. The molecule has 1 aliphatic rings. The summed E-state index contributed by atoms with van der Waals surface area (Å²) >= 11 is 0. The largest absolute Gasteiger partial charge is 0.348 e. The molecule has 0 unspecified atom stereocenters. The summed E-state index contributed by atoms with van der Waals surface area (Å²) in [6.45, 7) is 0.713. The van der Waals surface area contributed by atoms with Gasteiger partial charge in [0.05, 0.1) is 11.6 Å². The van der Waals surface area contributed by atoms with Gasteiger partial charge < -0.3 is 9.84 Å². The van der Waals surface area contributed by atoms with Crippen molar-refractivity contribution >= 4 is 16.7 Å². The molecule has 30 heavy (non-hydrogen) atoms. The molecule has 0 spiro atoms. The fraction of sp³-hybridized carbons (Fsp3) is 0.217. The van der Waals surface area contributed by atoms with E-state index >= 15 is 0 Å². The molecule has 2 aromatic carbocycles. The van der Waals surface area contributed by atoms with Crippen molar-refractivity contribution < 1.29 is 9.32 Å². The number of carbonyl (C=O) groups excluding carboxylic acids is 1. The third-order valence-electron chi connectivity index (χ3n) is 5.54. The van der Waals surface area contributed by atoms with Crippen LogP contribution in [-0.2, 0) is 0 Å². The van der Waals surface area contributed by atoms with Crippen LogP contribution in [0.4, 0.5) is 0 Å². The van der Waals surface area contributed by atoms with Gasteiger partial charge in [-0.3, -0.25) is 14.7 Å². The topological polar surface area (TPSA) is 84.2 Å². The third-order valence-corrected chi connectivity index (χ3v) is 5.54. The summed E-state index contributed by atoms with van der Waals surface area (Å²) in [4.78, 5) is 23.2. The highest BCUT2D eigenvalue weighted by Gasteiger charge is 2.35. The van der Waals surface area contributed by atoms with Crippen molar-refractivity contribution in [3.05, 3.63) is 78.4 Å². The number of likely N-dealkylation sites (N-methyl/N-ethyl adjacent to an activating group) is 1. The van der Waals surface area contributed by atoms with Gasteiger partial charge in [-0.25, -0.2) is 0 Å². The van der Waals surface area contributed by atoms with Crippen LogP contribution in [0.5, 0.6) is 0 Å². The lowest BCUT2D eigenvalue weighted by atomic mass is 10.1. The number of rotatable bonds is 4. The summed E-state index contributed by atoms with van der Waals surface area (Å²) in [5.41, 5.74) is 1.48. The van der Waals surface area contributed by atoms with Crippen LogP contribution < -0.4 is 5.32 Å². The van der Waals surface area contributed by atoms with E-state index in [0.717, 1.165) is 10.9 Å². The molecule has 7 heteroatoms. The second-order valence-corrected chi connectivity index (χ2v) is 7.62. The second kappa shape index (κ2) is 7.68. The minimum absolute atomic E-state index is 0.00345. The van der Waals surface area contributed by atoms with E-state index in [-0.39, 0.29) is 18.0 Å². The number of nitrogens with one attached hydrogen (secondary N) is 1. The monoisotopic (exact) mass is 399 g/mol. The maximum Gasteiger partial charge on any atom is 0.253 e. The summed E-state index contributed by atoms with van der Waals surface area (Å²) < 4.78 is 5.60. The Balaban J connectivity index is 1.31. The molecule has 2 aromatic heterocycles. The first kappa shape index (κ1) is 18.4. The SMILES string of the molecule is CN1C[C@@H](NC(=O)c2cccnc2)C[C@H]1c1nc(-c2ccc3ccccc3c2)no1. The van der Waals surface area contributed by atoms with Gasteiger partial charge >= 0.3 is 0 Å². The summed E-state index contributed by atoms with van der Waals surface area (Å²) in [6, 6.07) is 17.8. The Morgan fingerprint density at radius 1 is 1.13 bits per heavy atom. The van der Waals surface area contributed by atoms with Crippen LogP contribution in [0, 0.1) is 0 Å². The Morgan fingerprint density at radius 2 is 2.00 bits per heavy atom. The van der Waals surface area contributed by atoms with E-state index in [1.807, 2.05) is 25.2 Å². The Kier molecular flexibility index (Phi) is 4.72. The highest BCUT2D eigenvalue weighted by atomic mass is 16.5. The van der Waals surface area contributed by atoms with E-state index in [2.05, 4.69) is 49.6 Å². The molecule has 7 nitrogen and oxygen atoms in total. The van der Waals surface area contributed by atoms with Crippen LogP contribution in [0.3, 0.4) is 0 Å². The molecule has 0 saturated carbocycles. The molecular weight excluding hydrogens is 378 g/mol. The van der Waals surface area contributed by atoms with Crippen molar-refractivity contribution in [2.45, 2.75) is 18.5 Å². The fourth-order valence-electron chi connectivity index (χ4n) is 3.97. The van der Waals surface area contributed by atoms with Gasteiger partial charge in [0.15, 0.2) is 0 Å². The van der Waals surface area contributed by atoms with Crippen molar-refractivity contribution in [1.82, 2.24) is 25.3 Å². The Labute approximate surface area is 173 Å². The molecule has 2 atom stereocenters. The van der Waals surface area contributed by atoms with Crippen LogP contribution in [0.15, 0.2) is 71.5 Å². The zero-order valence-electron chi connectivity index (χ0n) is 16.5. The molecule has 150 valence electrons. The Hall–Kier alpha value is -3.58. The first-order chi connectivity index (χ1) is 14.7. The minimum atomic E-state index is -0.121. The highest BCUT2D eigenvalue weighted by molar-refractivity contribution is 5.94. The zero-order valence-corrected chi connectivity index (χ0v) is 16.5. The molecular formula is C23H21N5O2. The average Bonchev–Trinajstić information content (AvgIpc) is 3.40. The van der Waals surface area contributed by atoms with E-state index in [4.69, 9.17) is 4.52 Å². The number of fused-ring (bicyclic) bond motifs is 1. The number of hydrogen-bond donors (Lipinski definition) is 1. The van der Waals surface area contributed by atoms with E-state index in [1.165, 1.54) is 5.39 Å². The van der Waals surface area contributed by atoms with Gasteiger partial charge in [0.1, 0.15) is 0 Å². The lowest BCUT2D eigenvalue weighted by Crippen LogP contribution is -2.36. The Bertz CT molecular complexity index is 1190. The maximum atomic E-state index is 12.4. The zero-order chi connectivity index (χ0) is 20.5. The van der Waals surface area contributed by atoms with E-state index in [0.29, 0.717) is 30.2 Å². The molecule has 1 saturated heterocycles. The van der Waals surface area contributed by atoms with Crippen LogP contribution in [0.1, 0.15) is 28.7 Å². The van der Waals surface area contributed by atoms with Crippen molar-refractivity contribution in [3.63, 3.8) is 0 Å². The summed E-state index contributed by atoms with van der Waals surface area (Å²) in [5.74, 6) is 1.02. The highest BCUT2D eigenvalue weighted by Crippen LogP contribution is 2.31. The molecule has 4 aromatic rings. The minimum Gasteiger partial charge on any atom is -0.348 e. The van der Waals surface area contributed by atoms with Crippen LogP contribution in [-0.4, -0.2) is 45.6 Å². The van der Waals surface area contributed by atoms with E-state index in [1.54, 1.807) is 24.5 Å². The number of pyridine rings is 1. The molecule has 1 fully saturated rings. The number of nitrogens with zero attached hydrogens (tertiary/aromatic N) is 4. The fourth-order valence-corrected chi connectivity index (χ4v) is 3.97. The number of likely N-dealkylation sites (tertiary alicyclic amines) is 1. The van der Waals surface area contributed by atoms with Crippen molar-refractivity contribution in [1.29, 1.82) is 0 Å². The average molecular weight is 399 g/mol. The van der Waals surface area contributed by atoms with Gasteiger partial charge in [0.2, 0.25) is 11.7 Å². The lowest BCUT2D eigenvalue weighted by molar-refractivity contribution is 0.0938. The smallest absolute Gasteiger partial charge is 0.253 e. The van der Waals surface area contributed by atoms with Crippen molar-refractivity contribution in [2.75, 3.05) is 13.6 Å². The van der Waals surface area contributed by atoms with Crippen LogP contribution in [0.25, 0.3) is 22.2 Å². The number of aromatic nitrogens is 3. The number of carbonyl (C=O) groups is 1. The predicted octanol–water partition coefficient (Wildman–Crippen LogP) is 3.46. The van der Waals surface area contributed by atoms with Gasteiger partial charge in [-0.2, -0.15) is 4.98 Å². The second-order valence-electron chi connectivity index (χ2n) is 7.62. The van der Waals surface area contributed by atoms with Gasteiger partial charge in [0.25, 0.3) is 5.91 Å². The Morgan fingerprint density at radius 3 is 2.83 bits per heavy atom. The number of amides is 1. The van der Waals surface area contributed by atoms with Crippen LogP contribution in [0.2, 0.25) is 0 Å². The molecule has 0 bridgehead atoms. The third kappa shape index (κ3) is 3.55. The normalized spacial score (nSPS) is 19.2.